The van der Waals surface area contributed by atoms with Crippen LogP contribution in [0.4, 0.5) is 0 Å². The molecule has 1 amide bonds. The molecule has 8 heteroatoms. The van der Waals surface area contributed by atoms with Crippen molar-refractivity contribution >= 4 is 5.91 Å². The Morgan fingerprint density at radius 2 is 2.24 bits per heavy atom. The second kappa shape index (κ2) is 7.37. The van der Waals surface area contributed by atoms with Gasteiger partial charge in [-0.05, 0) is 20.9 Å². The van der Waals surface area contributed by atoms with Crippen molar-refractivity contribution in [3.05, 3.63) is 35.2 Å². The van der Waals surface area contributed by atoms with Crippen LogP contribution in [0.25, 0.3) is 0 Å². The van der Waals surface area contributed by atoms with Gasteiger partial charge < -0.3 is 14.6 Å². The molecule has 25 heavy (non-hydrogen) atoms. The quantitative estimate of drug-likeness (QED) is 0.823. The minimum absolute atomic E-state index is 0.0202. The molecule has 2 N–H and O–H groups in total. The molecule has 2 aromatic heterocycles. The van der Waals surface area contributed by atoms with Crippen LogP contribution in [0.2, 0.25) is 0 Å². The number of rotatable bonds is 5. The topological polar surface area (TPSA) is 88.1 Å². The zero-order valence-electron chi connectivity index (χ0n) is 15.2. The highest BCUT2D eigenvalue weighted by molar-refractivity contribution is 5.79. The van der Waals surface area contributed by atoms with Crippen molar-refractivity contribution in [2.24, 2.45) is 7.05 Å². The third-order valence-corrected chi connectivity index (χ3v) is 4.88. The van der Waals surface area contributed by atoms with Crippen LogP contribution < -0.4 is 5.32 Å². The number of aromatic nitrogens is 4. The molecule has 3 rings (SSSR count). The number of hydrogen-bond acceptors (Lipinski definition) is 5. The molecule has 1 fully saturated rings. The van der Waals surface area contributed by atoms with Crippen LogP contribution in [-0.2, 0) is 23.0 Å². The highest BCUT2D eigenvalue weighted by Gasteiger charge is 2.33. The Morgan fingerprint density at radius 3 is 2.88 bits per heavy atom. The molecule has 0 bridgehead atoms. The molecule has 1 aliphatic heterocycles. The van der Waals surface area contributed by atoms with E-state index in [9.17, 15) is 4.79 Å². The Hall–Kier alpha value is -2.19. The van der Waals surface area contributed by atoms with E-state index < -0.39 is 0 Å². The lowest BCUT2D eigenvalue weighted by molar-refractivity contribution is -0.122. The van der Waals surface area contributed by atoms with Crippen molar-refractivity contribution in [3.8, 4) is 0 Å². The SMILES string of the molecule is Cc1n[nH]c(C)c1CC(=O)NC[C@@H]1OCCN(C)[C@H]1c1cncn1C. The van der Waals surface area contributed by atoms with E-state index in [1.165, 1.54) is 0 Å². The van der Waals surface area contributed by atoms with Gasteiger partial charge in [0.05, 0.1) is 42.9 Å². The molecule has 0 aromatic carbocycles. The molecule has 0 unspecified atom stereocenters. The van der Waals surface area contributed by atoms with E-state index in [-0.39, 0.29) is 18.1 Å². The highest BCUT2D eigenvalue weighted by atomic mass is 16.5. The van der Waals surface area contributed by atoms with Gasteiger partial charge in [-0.15, -0.1) is 0 Å². The molecule has 0 saturated carbocycles. The first-order valence-electron chi connectivity index (χ1n) is 8.52. The zero-order valence-corrected chi connectivity index (χ0v) is 15.2. The van der Waals surface area contributed by atoms with Gasteiger partial charge in [0, 0.05) is 37.6 Å². The number of carbonyl (C=O) groups is 1. The van der Waals surface area contributed by atoms with Crippen LogP contribution in [-0.4, -0.2) is 63.4 Å². The maximum Gasteiger partial charge on any atom is 0.224 e. The number of aromatic amines is 1. The Bertz CT molecular complexity index is 718. The average molecular weight is 346 g/mol. The Kier molecular flexibility index (Phi) is 5.19. The molecular weight excluding hydrogens is 320 g/mol. The summed E-state index contributed by atoms with van der Waals surface area (Å²) in [5.41, 5.74) is 3.86. The Labute approximate surface area is 147 Å². The number of carbonyl (C=O) groups excluding carboxylic acids is 1. The van der Waals surface area contributed by atoms with E-state index in [0.717, 1.165) is 29.2 Å². The monoisotopic (exact) mass is 346 g/mol. The molecule has 1 aliphatic rings. The van der Waals surface area contributed by atoms with Gasteiger partial charge in [0.2, 0.25) is 5.91 Å². The molecule has 1 saturated heterocycles. The van der Waals surface area contributed by atoms with Crippen molar-refractivity contribution in [1.29, 1.82) is 0 Å². The van der Waals surface area contributed by atoms with Crippen molar-refractivity contribution in [1.82, 2.24) is 30.0 Å². The van der Waals surface area contributed by atoms with Gasteiger partial charge in [-0.1, -0.05) is 0 Å². The van der Waals surface area contributed by atoms with Gasteiger partial charge in [0.15, 0.2) is 0 Å². The van der Waals surface area contributed by atoms with E-state index in [1.54, 1.807) is 6.33 Å². The second-order valence-corrected chi connectivity index (χ2v) is 6.66. The summed E-state index contributed by atoms with van der Waals surface area (Å²) >= 11 is 0. The van der Waals surface area contributed by atoms with Crippen LogP contribution in [0.5, 0.6) is 0 Å². The fraction of sp³-hybridized carbons (Fsp3) is 0.588. The smallest absolute Gasteiger partial charge is 0.224 e. The predicted octanol–water partition coefficient (Wildman–Crippen LogP) is 0.491. The number of hydrogen-bond donors (Lipinski definition) is 2. The number of morpholine rings is 1. The summed E-state index contributed by atoms with van der Waals surface area (Å²) in [6, 6.07) is 0.0685. The molecule has 3 heterocycles. The van der Waals surface area contributed by atoms with Gasteiger partial charge in [-0.2, -0.15) is 5.10 Å². The summed E-state index contributed by atoms with van der Waals surface area (Å²) in [5, 5.41) is 10.1. The van der Waals surface area contributed by atoms with Crippen molar-refractivity contribution in [3.63, 3.8) is 0 Å². The molecule has 2 aromatic rings. The van der Waals surface area contributed by atoms with Crippen molar-refractivity contribution in [2.45, 2.75) is 32.4 Å². The molecule has 0 spiro atoms. The van der Waals surface area contributed by atoms with Gasteiger partial charge in [0.25, 0.3) is 0 Å². The van der Waals surface area contributed by atoms with Crippen molar-refractivity contribution in [2.75, 3.05) is 26.7 Å². The number of likely N-dealkylation sites (N-methyl/N-ethyl adjacent to an activating group) is 1. The number of amides is 1. The zero-order chi connectivity index (χ0) is 18.0. The molecule has 136 valence electrons. The first kappa shape index (κ1) is 17.6. The summed E-state index contributed by atoms with van der Waals surface area (Å²) in [4.78, 5) is 18.8. The van der Waals surface area contributed by atoms with Crippen LogP contribution in [0, 0.1) is 13.8 Å². The van der Waals surface area contributed by atoms with Gasteiger partial charge in [-0.3, -0.25) is 14.8 Å². The summed E-state index contributed by atoms with van der Waals surface area (Å²) < 4.78 is 7.96. The minimum Gasteiger partial charge on any atom is -0.373 e. The summed E-state index contributed by atoms with van der Waals surface area (Å²) in [7, 11) is 4.05. The third-order valence-electron chi connectivity index (χ3n) is 4.88. The molecule has 0 radical (unpaired) electrons. The summed E-state index contributed by atoms with van der Waals surface area (Å²) in [6.45, 7) is 5.82. The van der Waals surface area contributed by atoms with Crippen LogP contribution >= 0.6 is 0 Å². The number of aryl methyl sites for hydroxylation is 3. The normalized spacial score (nSPS) is 21.4. The lowest BCUT2D eigenvalue weighted by Crippen LogP contribution is -2.49. The number of ether oxygens (including phenoxy) is 1. The van der Waals surface area contributed by atoms with Gasteiger partial charge in [0.1, 0.15) is 0 Å². The fourth-order valence-electron chi connectivity index (χ4n) is 3.37. The number of H-pyrrole nitrogens is 1. The maximum atomic E-state index is 12.4. The Balaban J connectivity index is 1.64. The highest BCUT2D eigenvalue weighted by Crippen LogP contribution is 2.27. The second-order valence-electron chi connectivity index (χ2n) is 6.66. The lowest BCUT2D eigenvalue weighted by atomic mass is 10.0. The predicted molar refractivity (Wildman–Crippen MR) is 93.1 cm³/mol. The third kappa shape index (κ3) is 3.74. The Morgan fingerprint density at radius 1 is 1.44 bits per heavy atom. The molecule has 0 aliphatic carbocycles. The van der Waals surface area contributed by atoms with E-state index in [2.05, 4.69) is 32.4 Å². The summed E-state index contributed by atoms with van der Waals surface area (Å²) in [5.74, 6) is -0.0202. The van der Waals surface area contributed by atoms with E-state index >= 15 is 0 Å². The lowest BCUT2D eigenvalue weighted by Gasteiger charge is -2.39. The number of nitrogens with one attached hydrogen (secondary N) is 2. The van der Waals surface area contributed by atoms with Crippen LogP contribution in [0.1, 0.15) is 28.7 Å². The minimum atomic E-state index is -0.107. The molecular formula is C17H26N6O2. The molecule has 8 nitrogen and oxygen atoms in total. The van der Waals surface area contributed by atoms with Crippen LogP contribution in [0.15, 0.2) is 12.5 Å². The average Bonchev–Trinajstić information content (AvgIpc) is 3.13. The van der Waals surface area contributed by atoms with Crippen molar-refractivity contribution < 1.29 is 9.53 Å². The van der Waals surface area contributed by atoms with E-state index in [0.29, 0.717) is 19.6 Å². The first-order chi connectivity index (χ1) is 12.0. The van der Waals surface area contributed by atoms with Gasteiger partial charge in [-0.25, -0.2) is 4.98 Å². The van der Waals surface area contributed by atoms with E-state index in [1.807, 2.05) is 31.7 Å². The molecule has 2 atom stereocenters. The number of imidazole rings is 1. The summed E-state index contributed by atoms with van der Waals surface area (Å²) in [6.07, 6.45) is 3.87. The van der Waals surface area contributed by atoms with Crippen LogP contribution in [0.3, 0.4) is 0 Å². The van der Waals surface area contributed by atoms with E-state index in [4.69, 9.17) is 4.74 Å². The standard InChI is InChI=1S/C17H26N6O2/c1-11-13(12(2)21-20-11)7-16(24)19-9-15-17(22(3)5-6-25-15)14-8-18-10-23(14)4/h8,10,15,17H,5-7,9H2,1-4H3,(H,19,24)(H,20,21)/t15-,17-/m0/s1. The fourth-order valence-corrected chi connectivity index (χ4v) is 3.37. The number of nitrogens with zero attached hydrogens (tertiary/aromatic N) is 4. The first-order valence-corrected chi connectivity index (χ1v) is 8.52. The maximum absolute atomic E-state index is 12.4. The largest absolute Gasteiger partial charge is 0.373 e. The van der Waals surface area contributed by atoms with Gasteiger partial charge >= 0.3 is 0 Å².